The van der Waals surface area contributed by atoms with Crippen molar-refractivity contribution in [3.63, 3.8) is 0 Å². The summed E-state index contributed by atoms with van der Waals surface area (Å²) in [6.07, 6.45) is -0.587. The summed E-state index contributed by atoms with van der Waals surface area (Å²) in [4.78, 5) is 24.0. The molecule has 1 aromatic rings. The lowest BCUT2D eigenvalue weighted by atomic mass is 10.2. The van der Waals surface area contributed by atoms with Crippen LogP contribution in [0.2, 0.25) is 0 Å². The van der Waals surface area contributed by atoms with Crippen molar-refractivity contribution < 1.29 is 19.4 Å². The molecule has 1 aliphatic heterocycles. The minimum atomic E-state index is -0.945. The number of rotatable bonds is 4. The Bertz CT molecular complexity index is 436. The van der Waals surface area contributed by atoms with Gasteiger partial charge in [-0.1, -0.05) is 5.21 Å². The molecular weight excluding hydrogens is 256 g/mol. The molecule has 0 saturated carbocycles. The Labute approximate surface area is 108 Å². The third-order valence-corrected chi connectivity index (χ3v) is 2.62. The lowest BCUT2D eigenvalue weighted by Crippen LogP contribution is -2.49. The Morgan fingerprint density at radius 3 is 3.11 bits per heavy atom. The predicted octanol–water partition coefficient (Wildman–Crippen LogP) is -1.42. The summed E-state index contributed by atoms with van der Waals surface area (Å²) in [6.45, 7) is 1.17. The minimum absolute atomic E-state index is 0.116. The first-order valence-corrected chi connectivity index (χ1v) is 5.73. The van der Waals surface area contributed by atoms with Crippen molar-refractivity contribution in [1.82, 2.24) is 30.8 Å². The van der Waals surface area contributed by atoms with E-state index in [1.807, 2.05) is 0 Å². The first kappa shape index (κ1) is 13.2. The number of carbonyl (C=O) groups is 2. The second kappa shape index (κ2) is 6.09. The zero-order valence-electron chi connectivity index (χ0n) is 10.1. The van der Waals surface area contributed by atoms with E-state index in [2.05, 4.69) is 25.9 Å². The Kier molecular flexibility index (Phi) is 4.23. The van der Waals surface area contributed by atoms with Crippen LogP contribution in [0.5, 0.6) is 0 Å². The van der Waals surface area contributed by atoms with Gasteiger partial charge in [0.15, 0.2) is 5.82 Å². The van der Waals surface area contributed by atoms with Crippen molar-refractivity contribution in [3.8, 4) is 0 Å². The topological polar surface area (TPSA) is 133 Å². The van der Waals surface area contributed by atoms with Crippen molar-refractivity contribution in [2.45, 2.75) is 19.1 Å². The van der Waals surface area contributed by atoms with Crippen molar-refractivity contribution >= 4 is 12.0 Å². The van der Waals surface area contributed by atoms with Crippen LogP contribution in [0.15, 0.2) is 0 Å². The van der Waals surface area contributed by atoms with Gasteiger partial charge in [0.25, 0.3) is 0 Å². The van der Waals surface area contributed by atoms with Crippen molar-refractivity contribution in [3.05, 3.63) is 5.82 Å². The number of hydrogen-bond acceptors (Lipinski definition) is 6. The molecule has 0 spiro atoms. The highest BCUT2D eigenvalue weighted by Crippen LogP contribution is 2.08. The molecule has 10 heteroatoms. The van der Waals surface area contributed by atoms with Gasteiger partial charge in [-0.15, -0.1) is 10.2 Å². The number of nitrogens with one attached hydrogen (secondary N) is 2. The highest BCUT2D eigenvalue weighted by atomic mass is 16.5. The van der Waals surface area contributed by atoms with Crippen molar-refractivity contribution in [2.75, 3.05) is 19.7 Å². The molecule has 2 heterocycles. The van der Waals surface area contributed by atoms with Crippen LogP contribution in [0.1, 0.15) is 12.2 Å². The summed E-state index contributed by atoms with van der Waals surface area (Å²) in [5, 5.41) is 24.4. The first-order valence-electron chi connectivity index (χ1n) is 5.73. The van der Waals surface area contributed by atoms with Crippen LogP contribution in [0.4, 0.5) is 4.79 Å². The van der Waals surface area contributed by atoms with Gasteiger partial charge in [0.1, 0.15) is 0 Å². The Balaban J connectivity index is 1.79. The average Bonchev–Trinajstić information content (AvgIpc) is 2.88. The lowest BCUT2D eigenvalue weighted by molar-refractivity contribution is -0.141. The number of nitrogens with zero attached hydrogens (tertiary/aromatic N) is 4. The van der Waals surface area contributed by atoms with Gasteiger partial charge in [-0.05, 0) is 0 Å². The molecule has 1 saturated heterocycles. The van der Waals surface area contributed by atoms with Crippen molar-refractivity contribution in [1.29, 1.82) is 0 Å². The number of aromatic amines is 1. The molecule has 1 fully saturated rings. The summed E-state index contributed by atoms with van der Waals surface area (Å²) in [6, 6.07) is -0.302. The van der Waals surface area contributed by atoms with Crippen LogP contribution in [-0.2, 0) is 16.1 Å². The molecule has 19 heavy (non-hydrogen) atoms. The monoisotopic (exact) mass is 270 g/mol. The quantitative estimate of drug-likeness (QED) is 0.611. The summed E-state index contributed by atoms with van der Waals surface area (Å²) in [5.74, 6) is -0.567. The van der Waals surface area contributed by atoms with Crippen LogP contribution < -0.4 is 5.32 Å². The van der Waals surface area contributed by atoms with Crippen LogP contribution in [-0.4, -0.2) is 68.4 Å². The molecular formula is C9H14N6O4. The number of carboxylic acids is 1. The second-order valence-electron chi connectivity index (χ2n) is 4.02. The maximum atomic E-state index is 11.9. The van der Waals surface area contributed by atoms with Gasteiger partial charge in [0.2, 0.25) is 0 Å². The van der Waals surface area contributed by atoms with Crippen molar-refractivity contribution in [2.24, 2.45) is 0 Å². The van der Waals surface area contributed by atoms with Crippen LogP contribution >= 0.6 is 0 Å². The number of tetrazole rings is 1. The van der Waals surface area contributed by atoms with Crippen LogP contribution in [0.25, 0.3) is 0 Å². The van der Waals surface area contributed by atoms with E-state index in [1.54, 1.807) is 0 Å². The SMILES string of the molecule is O=C(O)CC1CN(C(=O)NCc2nn[nH]n2)CCO1. The number of hydrogen-bond donors (Lipinski definition) is 3. The molecule has 0 bridgehead atoms. The number of urea groups is 1. The number of aromatic nitrogens is 4. The highest BCUT2D eigenvalue weighted by molar-refractivity contribution is 5.74. The molecule has 1 atom stereocenters. The van der Waals surface area contributed by atoms with E-state index in [4.69, 9.17) is 9.84 Å². The molecule has 1 aliphatic rings. The Hall–Kier alpha value is -2.23. The number of morpholine rings is 1. The van der Waals surface area contributed by atoms with Gasteiger partial charge >= 0.3 is 12.0 Å². The van der Waals surface area contributed by atoms with Gasteiger partial charge < -0.3 is 20.1 Å². The summed E-state index contributed by atoms with van der Waals surface area (Å²) in [7, 11) is 0. The zero-order chi connectivity index (χ0) is 13.7. The number of carbonyl (C=O) groups excluding carboxylic acids is 1. The summed E-state index contributed by atoms with van der Waals surface area (Å²) in [5.41, 5.74) is 0. The van der Waals surface area contributed by atoms with E-state index >= 15 is 0 Å². The fraction of sp³-hybridized carbons (Fsp3) is 0.667. The highest BCUT2D eigenvalue weighted by Gasteiger charge is 2.25. The van der Waals surface area contributed by atoms with E-state index in [-0.39, 0.29) is 25.5 Å². The second-order valence-corrected chi connectivity index (χ2v) is 4.02. The number of H-pyrrole nitrogens is 1. The van der Waals surface area contributed by atoms with E-state index in [0.717, 1.165) is 0 Å². The first-order chi connectivity index (χ1) is 9.15. The number of amides is 2. The number of carboxylic acid groups (broad SMARTS) is 1. The lowest BCUT2D eigenvalue weighted by Gasteiger charge is -2.32. The zero-order valence-corrected chi connectivity index (χ0v) is 10.1. The fourth-order valence-electron chi connectivity index (χ4n) is 1.75. The van der Waals surface area contributed by atoms with Crippen LogP contribution in [0, 0.1) is 0 Å². The molecule has 10 nitrogen and oxygen atoms in total. The summed E-state index contributed by atoms with van der Waals surface area (Å²) >= 11 is 0. The van der Waals surface area contributed by atoms with E-state index in [9.17, 15) is 9.59 Å². The molecule has 0 aliphatic carbocycles. The normalized spacial score (nSPS) is 19.2. The largest absolute Gasteiger partial charge is 0.481 e. The molecule has 1 aromatic heterocycles. The van der Waals surface area contributed by atoms with E-state index in [0.29, 0.717) is 19.0 Å². The number of aliphatic carboxylic acids is 1. The smallest absolute Gasteiger partial charge is 0.317 e. The van der Waals surface area contributed by atoms with Gasteiger partial charge in [0.05, 0.1) is 25.7 Å². The molecule has 0 aromatic carbocycles. The molecule has 2 rings (SSSR count). The van der Waals surface area contributed by atoms with Gasteiger partial charge in [0, 0.05) is 13.1 Å². The average molecular weight is 270 g/mol. The third-order valence-electron chi connectivity index (χ3n) is 2.62. The van der Waals surface area contributed by atoms with Crippen LogP contribution in [0.3, 0.4) is 0 Å². The van der Waals surface area contributed by atoms with Gasteiger partial charge in [-0.3, -0.25) is 4.79 Å². The summed E-state index contributed by atoms with van der Waals surface area (Å²) < 4.78 is 5.28. The fourth-order valence-corrected chi connectivity index (χ4v) is 1.75. The van der Waals surface area contributed by atoms with Gasteiger partial charge in [-0.25, -0.2) is 4.79 Å². The maximum absolute atomic E-state index is 11.9. The predicted molar refractivity (Wildman–Crippen MR) is 60.0 cm³/mol. The van der Waals surface area contributed by atoms with E-state index in [1.165, 1.54) is 4.90 Å². The third kappa shape index (κ3) is 3.88. The molecule has 3 N–H and O–H groups in total. The molecule has 104 valence electrons. The molecule has 0 radical (unpaired) electrons. The standard InChI is InChI=1S/C9H14N6O4/c16-8(17)3-6-5-15(1-2-19-6)9(18)10-4-7-11-13-14-12-7/h6H,1-5H2,(H,10,18)(H,16,17)(H,11,12,13,14). The Morgan fingerprint density at radius 2 is 2.42 bits per heavy atom. The maximum Gasteiger partial charge on any atom is 0.317 e. The minimum Gasteiger partial charge on any atom is -0.481 e. The Morgan fingerprint density at radius 1 is 1.58 bits per heavy atom. The van der Waals surface area contributed by atoms with Gasteiger partial charge in [-0.2, -0.15) is 5.21 Å². The number of ether oxygens (including phenoxy) is 1. The molecule has 1 unspecified atom stereocenters. The van der Waals surface area contributed by atoms with E-state index < -0.39 is 12.1 Å². The molecule has 2 amide bonds.